The number of ether oxygens (including phenoxy) is 1. The first kappa shape index (κ1) is 23.6. The number of piperidine rings is 1. The number of hydrogen-bond donors (Lipinski definition) is 0. The van der Waals surface area contributed by atoms with Crippen molar-refractivity contribution in [3.8, 4) is 5.75 Å². The Balaban J connectivity index is 1.13. The molecule has 0 radical (unpaired) electrons. The fraction of sp³-hybridized carbons (Fsp3) is 0.242. The maximum atomic E-state index is 6.83. The molecule has 4 aromatic carbocycles. The summed E-state index contributed by atoms with van der Waals surface area (Å²) in [5.41, 5.74) is 4.58. The van der Waals surface area contributed by atoms with Crippen LogP contribution in [0, 0.1) is 0 Å². The van der Waals surface area contributed by atoms with Crippen molar-refractivity contribution < 1.29 is 4.74 Å². The maximum absolute atomic E-state index is 6.83. The van der Waals surface area contributed by atoms with Gasteiger partial charge in [-0.25, -0.2) is 5.01 Å². The fourth-order valence-electron chi connectivity index (χ4n) is 5.98. The van der Waals surface area contributed by atoms with Crippen LogP contribution < -0.4 is 4.74 Å². The predicted octanol–water partition coefficient (Wildman–Crippen LogP) is 7.37. The molecule has 3 aliphatic rings. The number of para-hydroxylation sites is 1. The highest BCUT2D eigenvalue weighted by molar-refractivity contribution is 7.99. The first-order valence-corrected chi connectivity index (χ1v) is 14.3. The Labute approximate surface area is 228 Å². The zero-order chi connectivity index (χ0) is 25.4. The van der Waals surface area contributed by atoms with Gasteiger partial charge >= 0.3 is 0 Å². The van der Waals surface area contributed by atoms with E-state index in [0.29, 0.717) is 0 Å². The Kier molecular flexibility index (Phi) is 6.18. The molecule has 0 amide bonds. The SMILES string of the molecule is c1ccc(CN2CCC3(CC2)Oc2ccccc2C2CC(c4ccc(Sc5ccccc5)cc4)=NN23)cc1. The number of rotatable bonds is 5. The van der Waals surface area contributed by atoms with Crippen molar-refractivity contribution in [1.82, 2.24) is 9.91 Å². The highest BCUT2D eigenvalue weighted by Gasteiger charge is 2.51. The lowest BCUT2D eigenvalue weighted by molar-refractivity contribution is -0.150. The molecule has 1 atom stereocenters. The van der Waals surface area contributed by atoms with E-state index in [4.69, 9.17) is 9.84 Å². The highest BCUT2D eigenvalue weighted by Crippen LogP contribution is 2.50. The van der Waals surface area contributed by atoms with Gasteiger partial charge in [-0.15, -0.1) is 0 Å². The fourth-order valence-corrected chi connectivity index (χ4v) is 6.81. The van der Waals surface area contributed by atoms with Crippen molar-refractivity contribution in [2.45, 2.75) is 47.4 Å². The third-order valence-electron chi connectivity index (χ3n) is 7.96. The van der Waals surface area contributed by atoms with E-state index in [1.807, 2.05) is 0 Å². The number of likely N-dealkylation sites (tertiary alicyclic amines) is 1. The molecule has 4 nitrogen and oxygen atoms in total. The Morgan fingerprint density at radius 2 is 1.42 bits per heavy atom. The molecule has 7 rings (SSSR count). The lowest BCUT2D eigenvalue weighted by atomic mass is 9.90. The number of hydrazone groups is 1. The molecular formula is C33H31N3OS. The summed E-state index contributed by atoms with van der Waals surface area (Å²) in [5, 5.41) is 7.60. The monoisotopic (exact) mass is 517 g/mol. The quantitative estimate of drug-likeness (QED) is 0.276. The zero-order valence-electron chi connectivity index (χ0n) is 21.4. The molecule has 0 aliphatic carbocycles. The van der Waals surface area contributed by atoms with Crippen LogP contribution in [0.5, 0.6) is 5.75 Å². The van der Waals surface area contributed by atoms with Crippen LogP contribution in [0.2, 0.25) is 0 Å². The van der Waals surface area contributed by atoms with Crippen LogP contribution in [0.25, 0.3) is 0 Å². The van der Waals surface area contributed by atoms with E-state index in [9.17, 15) is 0 Å². The molecule has 0 aromatic heterocycles. The lowest BCUT2D eigenvalue weighted by Crippen LogP contribution is -2.59. The molecule has 0 saturated carbocycles. The molecular weight excluding hydrogens is 486 g/mol. The van der Waals surface area contributed by atoms with Gasteiger partial charge in [-0.05, 0) is 41.5 Å². The van der Waals surface area contributed by atoms with Crippen molar-refractivity contribution in [3.63, 3.8) is 0 Å². The first-order chi connectivity index (χ1) is 18.8. The predicted molar refractivity (Wildman–Crippen MR) is 153 cm³/mol. The van der Waals surface area contributed by atoms with Crippen LogP contribution in [0.15, 0.2) is 124 Å². The summed E-state index contributed by atoms with van der Waals surface area (Å²) in [6.07, 6.45) is 2.78. The minimum atomic E-state index is -0.392. The van der Waals surface area contributed by atoms with Gasteiger partial charge in [0.15, 0.2) is 0 Å². The second-order valence-corrected chi connectivity index (χ2v) is 11.5. The van der Waals surface area contributed by atoms with E-state index in [-0.39, 0.29) is 6.04 Å². The molecule has 3 heterocycles. The molecule has 1 unspecified atom stereocenters. The summed E-state index contributed by atoms with van der Waals surface area (Å²) < 4.78 is 6.83. The molecule has 3 aliphatic heterocycles. The third kappa shape index (κ3) is 4.50. The minimum absolute atomic E-state index is 0.217. The second kappa shape index (κ2) is 9.97. The molecule has 1 saturated heterocycles. The lowest BCUT2D eigenvalue weighted by Gasteiger charge is -2.51. The van der Waals surface area contributed by atoms with Gasteiger partial charge in [0.05, 0.1) is 11.8 Å². The number of hydrogen-bond acceptors (Lipinski definition) is 5. The van der Waals surface area contributed by atoms with E-state index in [0.717, 1.165) is 50.4 Å². The molecule has 0 N–H and O–H groups in total. The number of fused-ring (bicyclic) bond motifs is 4. The van der Waals surface area contributed by atoms with Gasteiger partial charge < -0.3 is 4.74 Å². The van der Waals surface area contributed by atoms with E-state index < -0.39 is 5.72 Å². The minimum Gasteiger partial charge on any atom is -0.466 e. The normalized spacial score (nSPS) is 19.9. The van der Waals surface area contributed by atoms with Gasteiger partial charge in [-0.1, -0.05) is 90.6 Å². The van der Waals surface area contributed by atoms with Crippen LogP contribution in [0.3, 0.4) is 0 Å². The Bertz CT molecular complexity index is 1430. The Hall–Kier alpha value is -3.54. The van der Waals surface area contributed by atoms with Crippen LogP contribution in [0.1, 0.15) is 42.0 Å². The molecule has 1 spiro atoms. The van der Waals surface area contributed by atoms with Gasteiger partial charge in [0.2, 0.25) is 5.72 Å². The van der Waals surface area contributed by atoms with E-state index in [2.05, 4.69) is 119 Å². The number of benzene rings is 4. The maximum Gasteiger partial charge on any atom is 0.200 e. The van der Waals surface area contributed by atoms with Crippen LogP contribution >= 0.6 is 11.8 Å². The van der Waals surface area contributed by atoms with Gasteiger partial charge in [-0.2, -0.15) is 5.10 Å². The third-order valence-corrected chi connectivity index (χ3v) is 8.97. The van der Waals surface area contributed by atoms with Gasteiger partial charge in [0, 0.05) is 54.3 Å². The topological polar surface area (TPSA) is 28.1 Å². The summed E-state index contributed by atoms with van der Waals surface area (Å²) in [5.74, 6) is 1.02. The van der Waals surface area contributed by atoms with Crippen molar-refractivity contribution in [3.05, 3.63) is 126 Å². The standard InChI is InChI=1S/C33H31N3OS/c1-3-9-25(10-4-1)24-35-21-19-33(20-22-35)36-31(29-13-7-8-14-32(29)37-33)23-30(34-36)26-15-17-28(18-16-26)38-27-11-5-2-6-12-27/h1-18,31H,19-24H2. The average molecular weight is 518 g/mol. The van der Waals surface area contributed by atoms with E-state index >= 15 is 0 Å². The molecule has 38 heavy (non-hydrogen) atoms. The molecule has 5 heteroatoms. The van der Waals surface area contributed by atoms with Crippen molar-refractivity contribution in [2.75, 3.05) is 13.1 Å². The number of nitrogens with zero attached hydrogens (tertiary/aromatic N) is 3. The summed E-state index contributed by atoms with van der Waals surface area (Å²) in [7, 11) is 0. The largest absolute Gasteiger partial charge is 0.466 e. The van der Waals surface area contributed by atoms with Gasteiger partial charge in [0.1, 0.15) is 5.75 Å². The highest BCUT2D eigenvalue weighted by atomic mass is 32.2. The van der Waals surface area contributed by atoms with Crippen molar-refractivity contribution >= 4 is 17.5 Å². The van der Waals surface area contributed by atoms with Gasteiger partial charge in [-0.3, -0.25) is 4.90 Å². The summed E-state index contributed by atoms with van der Waals surface area (Å²) >= 11 is 1.79. The van der Waals surface area contributed by atoms with Crippen molar-refractivity contribution in [1.29, 1.82) is 0 Å². The first-order valence-electron chi connectivity index (χ1n) is 13.5. The Morgan fingerprint density at radius 3 is 2.18 bits per heavy atom. The second-order valence-electron chi connectivity index (χ2n) is 10.4. The van der Waals surface area contributed by atoms with Crippen LogP contribution in [-0.2, 0) is 6.54 Å². The molecule has 4 aromatic rings. The van der Waals surface area contributed by atoms with Gasteiger partial charge in [0.25, 0.3) is 0 Å². The average Bonchev–Trinajstić information content (AvgIpc) is 3.43. The van der Waals surface area contributed by atoms with E-state index in [1.165, 1.54) is 26.5 Å². The summed E-state index contributed by atoms with van der Waals surface area (Å²) in [6, 6.07) is 39.0. The summed E-state index contributed by atoms with van der Waals surface area (Å²) in [6.45, 7) is 2.98. The van der Waals surface area contributed by atoms with Crippen molar-refractivity contribution in [2.24, 2.45) is 5.10 Å². The van der Waals surface area contributed by atoms with Crippen LogP contribution in [-0.4, -0.2) is 34.4 Å². The van der Waals surface area contributed by atoms with Crippen LogP contribution in [0.4, 0.5) is 0 Å². The smallest absolute Gasteiger partial charge is 0.200 e. The Morgan fingerprint density at radius 1 is 0.763 bits per heavy atom. The zero-order valence-corrected chi connectivity index (χ0v) is 22.2. The molecule has 1 fully saturated rings. The summed E-state index contributed by atoms with van der Waals surface area (Å²) in [4.78, 5) is 5.04. The molecule has 0 bridgehead atoms. The molecule has 190 valence electrons. The van der Waals surface area contributed by atoms with E-state index in [1.54, 1.807) is 11.8 Å².